The molecule has 162 valence electrons. The molecule has 31 heavy (non-hydrogen) atoms. The van der Waals surface area contributed by atoms with E-state index in [9.17, 15) is 19.2 Å². The number of amides is 5. The van der Waals surface area contributed by atoms with Crippen LogP contribution in [0.4, 0.5) is 4.79 Å². The third-order valence-corrected chi connectivity index (χ3v) is 6.62. The van der Waals surface area contributed by atoms with Crippen molar-refractivity contribution in [3.63, 3.8) is 0 Å². The van der Waals surface area contributed by atoms with Crippen molar-refractivity contribution in [3.05, 3.63) is 47.3 Å². The van der Waals surface area contributed by atoms with Gasteiger partial charge in [0.25, 0.3) is 5.91 Å². The van der Waals surface area contributed by atoms with Crippen molar-refractivity contribution in [2.45, 2.75) is 31.3 Å². The topological polar surface area (TPSA) is 98.8 Å². The minimum atomic E-state index is -0.708. The number of nitrogens with zero attached hydrogens (tertiary/aromatic N) is 2. The monoisotopic (exact) mass is 440 g/mol. The first-order valence-electron chi connectivity index (χ1n) is 10.2. The highest BCUT2D eigenvalue weighted by Crippen LogP contribution is 2.26. The Hall–Kier alpha value is -3.20. The third-order valence-electron chi connectivity index (χ3n) is 5.70. The van der Waals surface area contributed by atoms with E-state index in [1.54, 1.807) is 28.2 Å². The molecule has 0 aliphatic carbocycles. The molecule has 2 aliphatic heterocycles. The van der Waals surface area contributed by atoms with Crippen LogP contribution in [0.5, 0.6) is 0 Å². The van der Waals surface area contributed by atoms with Crippen LogP contribution in [0.25, 0.3) is 10.4 Å². The summed E-state index contributed by atoms with van der Waals surface area (Å²) in [6.45, 7) is 0.913. The molecule has 2 atom stereocenters. The van der Waals surface area contributed by atoms with Crippen LogP contribution in [-0.2, 0) is 20.8 Å². The maximum Gasteiger partial charge on any atom is 0.322 e. The van der Waals surface area contributed by atoms with Gasteiger partial charge in [-0.1, -0.05) is 30.3 Å². The van der Waals surface area contributed by atoms with Crippen LogP contribution in [0.15, 0.2) is 41.8 Å². The lowest BCUT2D eigenvalue weighted by Crippen LogP contribution is -2.58. The summed E-state index contributed by atoms with van der Waals surface area (Å²) >= 11 is 1.65. The zero-order valence-corrected chi connectivity index (χ0v) is 18.0. The van der Waals surface area contributed by atoms with Crippen molar-refractivity contribution in [1.82, 2.24) is 20.4 Å². The maximum absolute atomic E-state index is 13.0. The predicted molar refractivity (Wildman–Crippen MR) is 116 cm³/mol. The Bertz CT molecular complexity index is 1010. The molecule has 4 rings (SSSR count). The van der Waals surface area contributed by atoms with E-state index < -0.39 is 24.0 Å². The van der Waals surface area contributed by atoms with E-state index in [-0.39, 0.29) is 24.7 Å². The first-order chi connectivity index (χ1) is 14.9. The Morgan fingerprint density at radius 1 is 1.16 bits per heavy atom. The smallest absolute Gasteiger partial charge is 0.322 e. The lowest BCUT2D eigenvalue weighted by Gasteiger charge is -2.39. The van der Waals surface area contributed by atoms with Crippen molar-refractivity contribution < 1.29 is 19.2 Å². The quantitative estimate of drug-likeness (QED) is 0.667. The summed E-state index contributed by atoms with van der Waals surface area (Å²) in [5.41, 5.74) is 2.07. The SMILES string of the molecule is CN1CCN(C(=O)CC[C@H]2NC(=O)NC2=O)[C@H](Cc2cccc(-c3cccs3)c2)C1=O. The second kappa shape index (κ2) is 8.89. The third kappa shape index (κ3) is 4.61. The first-order valence-corrected chi connectivity index (χ1v) is 11.1. The average molecular weight is 441 g/mol. The van der Waals surface area contributed by atoms with Crippen molar-refractivity contribution in [1.29, 1.82) is 0 Å². The molecule has 9 heteroatoms. The second-order valence-corrected chi connectivity index (χ2v) is 8.75. The fourth-order valence-electron chi connectivity index (χ4n) is 4.00. The van der Waals surface area contributed by atoms with E-state index >= 15 is 0 Å². The Balaban J connectivity index is 1.47. The molecule has 3 heterocycles. The average Bonchev–Trinajstić information content (AvgIpc) is 3.39. The van der Waals surface area contributed by atoms with E-state index in [0.717, 1.165) is 16.0 Å². The Morgan fingerprint density at radius 2 is 2.00 bits per heavy atom. The van der Waals surface area contributed by atoms with E-state index in [1.807, 2.05) is 29.6 Å². The van der Waals surface area contributed by atoms with Crippen LogP contribution < -0.4 is 10.6 Å². The van der Waals surface area contributed by atoms with Gasteiger partial charge in [0, 0.05) is 37.9 Å². The summed E-state index contributed by atoms with van der Waals surface area (Å²) in [6.07, 6.45) is 0.716. The summed E-state index contributed by atoms with van der Waals surface area (Å²) in [6, 6.07) is 10.3. The van der Waals surface area contributed by atoms with Gasteiger partial charge in [-0.2, -0.15) is 0 Å². The van der Waals surface area contributed by atoms with Crippen LogP contribution in [0.1, 0.15) is 18.4 Å². The van der Waals surface area contributed by atoms with Gasteiger partial charge in [0.2, 0.25) is 11.8 Å². The number of carbonyl (C=O) groups excluding carboxylic acids is 4. The van der Waals surface area contributed by atoms with Gasteiger partial charge < -0.3 is 15.1 Å². The molecule has 2 aliphatic rings. The van der Waals surface area contributed by atoms with E-state index in [0.29, 0.717) is 19.5 Å². The fourth-order valence-corrected chi connectivity index (χ4v) is 4.72. The number of thiophene rings is 1. The molecule has 8 nitrogen and oxygen atoms in total. The molecule has 2 aromatic rings. The van der Waals surface area contributed by atoms with Gasteiger partial charge >= 0.3 is 6.03 Å². The molecule has 0 unspecified atom stereocenters. The number of likely N-dealkylation sites (N-methyl/N-ethyl adjacent to an activating group) is 1. The van der Waals surface area contributed by atoms with Crippen LogP contribution in [0, 0.1) is 0 Å². The number of urea groups is 1. The molecule has 2 fully saturated rings. The highest BCUT2D eigenvalue weighted by molar-refractivity contribution is 7.13. The molecule has 5 amide bonds. The van der Waals surface area contributed by atoms with Gasteiger partial charge in [-0.25, -0.2) is 4.79 Å². The van der Waals surface area contributed by atoms with E-state index in [1.165, 1.54) is 0 Å². The first kappa shape index (κ1) is 21.0. The van der Waals surface area contributed by atoms with Gasteiger partial charge in [-0.3, -0.25) is 19.7 Å². The lowest BCUT2D eigenvalue weighted by atomic mass is 9.98. The molecule has 0 radical (unpaired) electrons. The van der Waals surface area contributed by atoms with E-state index in [4.69, 9.17) is 0 Å². The van der Waals surface area contributed by atoms with Crippen molar-refractivity contribution in [3.8, 4) is 10.4 Å². The zero-order chi connectivity index (χ0) is 22.0. The van der Waals surface area contributed by atoms with Crippen molar-refractivity contribution in [2.75, 3.05) is 20.1 Å². The minimum absolute atomic E-state index is 0.0844. The molecule has 1 aromatic heterocycles. The Labute approximate surface area is 184 Å². The van der Waals surface area contributed by atoms with Crippen LogP contribution in [-0.4, -0.2) is 65.8 Å². The molecule has 2 N–H and O–H groups in total. The zero-order valence-electron chi connectivity index (χ0n) is 17.2. The summed E-state index contributed by atoms with van der Waals surface area (Å²) in [4.78, 5) is 53.3. The molecule has 1 aromatic carbocycles. The molecule has 0 saturated carbocycles. The predicted octanol–water partition coefficient (Wildman–Crippen LogP) is 1.62. The number of benzene rings is 1. The number of nitrogens with one attached hydrogen (secondary N) is 2. The van der Waals surface area contributed by atoms with Crippen LogP contribution in [0.2, 0.25) is 0 Å². The van der Waals surface area contributed by atoms with Gasteiger partial charge in [0.05, 0.1) is 0 Å². The van der Waals surface area contributed by atoms with Crippen molar-refractivity contribution >= 4 is 35.1 Å². The molecular formula is C22H24N4O4S. The normalized spacial score (nSPS) is 21.3. The van der Waals surface area contributed by atoms with Gasteiger partial charge in [-0.15, -0.1) is 11.3 Å². The Morgan fingerprint density at radius 3 is 2.71 bits per heavy atom. The standard InChI is InChI=1S/C22H24N4O4S/c1-25-9-10-26(19(27)8-7-16-20(28)24-22(30)23-16)17(21(25)29)13-14-4-2-5-15(12-14)18-6-3-11-31-18/h2-6,11-12,16-17H,7-10,13H2,1H3,(H2,23,24,28,30)/t16-,17-/m1/s1. The number of rotatable bonds is 6. The minimum Gasteiger partial charge on any atom is -0.342 e. The molecule has 2 saturated heterocycles. The summed E-state index contributed by atoms with van der Waals surface area (Å²) in [7, 11) is 1.75. The van der Waals surface area contributed by atoms with Crippen LogP contribution in [0.3, 0.4) is 0 Å². The number of hydrogen-bond donors (Lipinski definition) is 2. The summed E-state index contributed by atoms with van der Waals surface area (Å²) < 4.78 is 0. The number of carbonyl (C=O) groups is 4. The largest absolute Gasteiger partial charge is 0.342 e. The Kier molecular flexibility index (Phi) is 6.03. The number of imide groups is 1. The summed E-state index contributed by atoms with van der Waals surface area (Å²) in [5, 5.41) is 6.69. The number of hydrogen-bond acceptors (Lipinski definition) is 5. The van der Waals surface area contributed by atoms with Crippen molar-refractivity contribution in [2.24, 2.45) is 0 Å². The maximum atomic E-state index is 13.0. The van der Waals surface area contributed by atoms with Gasteiger partial charge in [0.1, 0.15) is 12.1 Å². The summed E-state index contributed by atoms with van der Waals surface area (Å²) in [5.74, 6) is -0.697. The highest BCUT2D eigenvalue weighted by atomic mass is 32.1. The molecular weight excluding hydrogens is 416 g/mol. The van der Waals surface area contributed by atoms with E-state index in [2.05, 4.69) is 22.8 Å². The van der Waals surface area contributed by atoms with Gasteiger partial charge in [-0.05, 0) is 29.0 Å². The highest BCUT2D eigenvalue weighted by Gasteiger charge is 2.37. The molecule has 0 bridgehead atoms. The number of piperazine rings is 1. The fraction of sp³-hybridized carbons (Fsp3) is 0.364. The lowest BCUT2D eigenvalue weighted by molar-refractivity contribution is -0.150. The second-order valence-electron chi connectivity index (χ2n) is 7.80. The van der Waals surface area contributed by atoms with Gasteiger partial charge in [0.15, 0.2) is 0 Å². The van der Waals surface area contributed by atoms with Crippen LogP contribution >= 0.6 is 11.3 Å². The molecule has 0 spiro atoms.